The maximum atomic E-state index is 12.8. The van der Waals surface area contributed by atoms with Gasteiger partial charge in [0.2, 0.25) is 5.43 Å². The first-order valence-corrected chi connectivity index (χ1v) is 8.92. The number of rotatable bonds is 5. The highest BCUT2D eigenvalue weighted by molar-refractivity contribution is 6.33. The largest absolute Gasteiger partial charge is 0.479 e. The minimum Gasteiger partial charge on any atom is -0.479 e. The van der Waals surface area contributed by atoms with E-state index in [1.54, 1.807) is 63.2 Å². The molecule has 0 radical (unpaired) electrons. The van der Waals surface area contributed by atoms with Gasteiger partial charge in [-0.1, -0.05) is 29.8 Å². The number of carbonyl (C=O) groups is 1. The van der Waals surface area contributed by atoms with Crippen LogP contribution in [-0.4, -0.2) is 18.2 Å². The zero-order chi connectivity index (χ0) is 19.6. The molecule has 3 aromatic rings. The second-order valence-electron chi connectivity index (χ2n) is 6.36. The van der Waals surface area contributed by atoms with Crippen LogP contribution in [0.15, 0.2) is 57.9 Å². The van der Waals surface area contributed by atoms with Crippen LogP contribution in [-0.2, 0) is 9.53 Å². The monoisotopic (exact) mass is 386 g/mol. The average Bonchev–Trinajstić information content (AvgIpc) is 2.62. The van der Waals surface area contributed by atoms with Gasteiger partial charge in [0.05, 0.1) is 17.1 Å². The van der Waals surface area contributed by atoms with Gasteiger partial charge in [-0.2, -0.15) is 0 Å². The van der Waals surface area contributed by atoms with Crippen molar-refractivity contribution in [2.24, 2.45) is 0 Å². The van der Waals surface area contributed by atoms with Crippen LogP contribution < -0.4 is 10.2 Å². The Balaban J connectivity index is 1.92. The van der Waals surface area contributed by atoms with Crippen LogP contribution in [0.3, 0.4) is 0 Å². The zero-order valence-corrected chi connectivity index (χ0v) is 15.9. The zero-order valence-electron chi connectivity index (χ0n) is 15.2. The van der Waals surface area contributed by atoms with Crippen LogP contribution in [0.25, 0.3) is 22.1 Å². The lowest BCUT2D eigenvalue weighted by Gasteiger charge is -2.16. The van der Waals surface area contributed by atoms with Crippen molar-refractivity contribution in [1.82, 2.24) is 0 Å². The molecular formula is C21H19ClO5. The number of benzene rings is 2. The van der Waals surface area contributed by atoms with Gasteiger partial charge in [0.15, 0.2) is 6.10 Å². The molecule has 1 aromatic heterocycles. The molecule has 0 N–H and O–H groups in total. The van der Waals surface area contributed by atoms with Gasteiger partial charge in [0, 0.05) is 16.7 Å². The van der Waals surface area contributed by atoms with Gasteiger partial charge in [-0.15, -0.1) is 0 Å². The number of halogens is 1. The molecule has 0 bridgehead atoms. The van der Waals surface area contributed by atoms with E-state index in [1.807, 2.05) is 0 Å². The van der Waals surface area contributed by atoms with E-state index in [1.165, 1.54) is 6.26 Å². The molecule has 0 saturated heterocycles. The van der Waals surface area contributed by atoms with Gasteiger partial charge in [0.25, 0.3) is 0 Å². The first kappa shape index (κ1) is 19.0. The Morgan fingerprint density at radius 3 is 2.52 bits per heavy atom. The number of esters is 1. The van der Waals surface area contributed by atoms with Crippen molar-refractivity contribution in [1.29, 1.82) is 0 Å². The Kier molecular flexibility index (Phi) is 5.51. The summed E-state index contributed by atoms with van der Waals surface area (Å²) in [6, 6.07) is 11.9. The summed E-state index contributed by atoms with van der Waals surface area (Å²) in [6.45, 7) is 5.14. The summed E-state index contributed by atoms with van der Waals surface area (Å²) in [7, 11) is 0. The predicted octanol–water partition coefficient (Wildman–Crippen LogP) is 4.83. The van der Waals surface area contributed by atoms with Gasteiger partial charge < -0.3 is 13.9 Å². The van der Waals surface area contributed by atoms with Crippen molar-refractivity contribution in [3.63, 3.8) is 0 Å². The number of ether oxygens (including phenoxy) is 2. The van der Waals surface area contributed by atoms with E-state index in [2.05, 4.69) is 0 Å². The molecule has 0 aliphatic rings. The third-order valence-electron chi connectivity index (χ3n) is 3.91. The lowest BCUT2D eigenvalue weighted by atomic mass is 10.1. The van der Waals surface area contributed by atoms with Gasteiger partial charge in [-0.05, 0) is 39.0 Å². The van der Waals surface area contributed by atoms with Crippen LogP contribution >= 0.6 is 11.6 Å². The normalized spacial score (nSPS) is 12.2. The SMILES string of the molecule is CC(C)OC(=O)[C@@H](C)Oc1ccc2c(=O)c(-c3ccccc3Cl)coc2c1. The summed E-state index contributed by atoms with van der Waals surface area (Å²) in [5.41, 5.74) is 1.16. The fraction of sp³-hybridized carbons (Fsp3) is 0.238. The first-order chi connectivity index (χ1) is 12.9. The van der Waals surface area contributed by atoms with E-state index in [4.69, 9.17) is 25.5 Å². The highest BCUT2D eigenvalue weighted by atomic mass is 35.5. The molecular weight excluding hydrogens is 368 g/mol. The van der Waals surface area contributed by atoms with Gasteiger partial charge in [-0.25, -0.2) is 4.79 Å². The molecule has 0 saturated carbocycles. The minimum absolute atomic E-state index is 0.192. The number of hydrogen-bond donors (Lipinski definition) is 0. The van der Waals surface area contributed by atoms with E-state index in [-0.39, 0.29) is 11.5 Å². The van der Waals surface area contributed by atoms with E-state index in [9.17, 15) is 9.59 Å². The Bertz CT molecular complexity index is 1040. The third kappa shape index (κ3) is 4.14. The predicted molar refractivity (Wildman–Crippen MR) is 104 cm³/mol. The van der Waals surface area contributed by atoms with Crippen molar-refractivity contribution in [2.75, 3.05) is 0 Å². The molecule has 6 heteroatoms. The van der Waals surface area contributed by atoms with Crippen LogP contribution in [0.2, 0.25) is 5.02 Å². The fourth-order valence-electron chi connectivity index (χ4n) is 2.63. The smallest absolute Gasteiger partial charge is 0.347 e. The maximum Gasteiger partial charge on any atom is 0.347 e. The molecule has 3 rings (SSSR count). The molecule has 5 nitrogen and oxygen atoms in total. The molecule has 0 amide bonds. The summed E-state index contributed by atoms with van der Waals surface area (Å²) in [5, 5.41) is 0.874. The quantitative estimate of drug-likeness (QED) is 0.587. The van der Waals surface area contributed by atoms with E-state index < -0.39 is 12.1 Å². The van der Waals surface area contributed by atoms with Crippen LogP contribution in [0, 0.1) is 0 Å². The highest BCUT2D eigenvalue weighted by Gasteiger charge is 2.18. The third-order valence-corrected chi connectivity index (χ3v) is 4.24. The van der Waals surface area contributed by atoms with Crippen LogP contribution in [0.1, 0.15) is 20.8 Å². The lowest BCUT2D eigenvalue weighted by Crippen LogP contribution is -2.28. The van der Waals surface area contributed by atoms with Gasteiger partial charge in [0.1, 0.15) is 17.6 Å². The molecule has 0 spiro atoms. The molecule has 0 unspecified atom stereocenters. The molecule has 140 valence electrons. The van der Waals surface area contributed by atoms with Gasteiger partial charge >= 0.3 is 5.97 Å². The molecule has 1 heterocycles. The van der Waals surface area contributed by atoms with Crippen molar-refractivity contribution < 1.29 is 18.7 Å². The van der Waals surface area contributed by atoms with Crippen molar-refractivity contribution in [3.05, 3.63) is 64.0 Å². The van der Waals surface area contributed by atoms with Gasteiger partial charge in [-0.3, -0.25) is 4.79 Å². The number of hydrogen-bond acceptors (Lipinski definition) is 5. The summed E-state index contributed by atoms with van der Waals surface area (Å²) in [6.07, 6.45) is 0.381. The van der Waals surface area contributed by atoms with Crippen molar-refractivity contribution >= 4 is 28.5 Å². The Hall–Kier alpha value is -2.79. The Morgan fingerprint density at radius 2 is 1.81 bits per heavy atom. The average molecular weight is 387 g/mol. The van der Waals surface area contributed by atoms with Crippen molar-refractivity contribution in [3.8, 4) is 16.9 Å². The summed E-state index contributed by atoms with van der Waals surface area (Å²) < 4.78 is 16.3. The first-order valence-electron chi connectivity index (χ1n) is 8.54. The summed E-state index contributed by atoms with van der Waals surface area (Å²) in [4.78, 5) is 24.7. The number of carbonyl (C=O) groups excluding carboxylic acids is 1. The van der Waals surface area contributed by atoms with E-state index >= 15 is 0 Å². The fourth-order valence-corrected chi connectivity index (χ4v) is 2.87. The Labute approximate surface area is 161 Å². The molecule has 0 fully saturated rings. The summed E-state index contributed by atoms with van der Waals surface area (Å²) >= 11 is 6.19. The Morgan fingerprint density at radius 1 is 1.07 bits per heavy atom. The molecule has 1 atom stereocenters. The summed E-state index contributed by atoms with van der Waals surface area (Å²) in [5.74, 6) is -0.0510. The molecule has 2 aromatic carbocycles. The second-order valence-corrected chi connectivity index (χ2v) is 6.77. The van der Waals surface area contributed by atoms with Crippen LogP contribution in [0.4, 0.5) is 0 Å². The molecule has 0 aliphatic heterocycles. The highest BCUT2D eigenvalue weighted by Crippen LogP contribution is 2.28. The molecule has 0 aliphatic carbocycles. The minimum atomic E-state index is -0.779. The lowest BCUT2D eigenvalue weighted by molar-refractivity contribution is -0.154. The maximum absolute atomic E-state index is 12.8. The molecule has 27 heavy (non-hydrogen) atoms. The standard InChI is InChI=1S/C21H19ClO5/c1-12(2)26-21(24)13(3)27-14-8-9-16-19(10-14)25-11-17(20(16)23)15-6-4-5-7-18(15)22/h4-13H,1-3H3/t13-/m1/s1. The second kappa shape index (κ2) is 7.84. The van der Waals surface area contributed by atoms with E-state index in [0.717, 1.165) is 0 Å². The van der Waals surface area contributed by atoms with Crippen LogP contribution in [0.5, 0.6) is 5.75 Å². The van der Waals surface area contributed by atoms with E-state index in [0.29, 0.717) is 32.9 Å². The topological polar surface area (TPSA) is 65.7 Å². The number of fused-ring (bicyclic) bond motifs is 1. The van der Waals surface area contributed by atoms with Crippen molar-refractivity contribution in [2.45, 2.75) is 33.0 Å².